The number of hydrogen-bond acceptors (Lipinski definition) is 5. The average Bonchev–Trinajstić information content (AvgIpc) is 2.70. The molecular formula is C21H29N3OS. The highest BCUT2D eigenvalue weighted by atomic mass is 32.2. The molecule has 0 atom stereocenters. The van der Waals surface area contributed by atoms with Gasteiger partial charge in [-0.3, -0.25) is 4.72 Å². The zero-order chi connectivity index (χ0) is 18.0. The van der Waals surface area contributed by atoms with E-state index >= 15 is 0 Å². The number of benzene rings is 2. The van der Waals surface area contributed by atoms with E-state index in [9.17, 15) is 0 Å². The highest BCUT2D eigenvalue weighted by Crippen LogP contribution is 2.30. The quantitative estimate of drug-likeness (QED) is 0.382. The summed E-state index contributed by atoms with van der Waals surface area (Å²) in [6.45, 7) is 1.53. The highest BCUT2D eigenvalue weighted by Gasteiger charge is 2.15. The van der Waals surface area contributed by atoms with Crippen LogP contribution in [-0.2, 0) is 6.54 Å². The lowest BCUT2D eigenvalue weighted by Crippen LogP contribution is -2.22. The number of aliphatic hydroxyl groups is 1. The first-order chi connectivity index (χ1) is 12.8. The topological polar surface area (TPSA) is 56.3 Å². The largest absolute Gasteiger partial charge is 0.395 e. The standard InChI is InChI=1S/C21H29N3OS/c25-14-13-23-26-19-11-12-20(24-18-9-5-2-6-10-18)21(15-19)22-16-17-7-3-1-4-8-17/h1,3-4,7-8,11-12,15,18,22-25H,2,5-6,9-10,13-14,16H2. The molecule has 0 aliphatic heterocycles. The van der Waals surface area contributed by atoms with Gasteiger partial charge >= 0.3 is 0 Å². The van der Waals surface area contributed by atoms with Crippen LogP contribution in [0.4, 0.5) is 11.4 Å². The lowest BCUT2D eigenvalue weighted by molar-refractivity contribution is 0.302. The third kappa shape index (κ3) is 5.94. The first-order valence-electron chi connectivity index (χ1n) is 9.54. The Morgan fingerprint density at radius 3 is 2.54 bits per heavy atom. The van der Waals surface area contributed by atoms with Gasteiger partial charge in [-0.05, 0) is 48.6 Å². The zero-order valence-electron chi connectivity index (χ0n) is 15.2. The van der Waals surface area contributed by atoms with E-state index in [0.717, 1.165) is 17.1 Å². The molecule has 1 aliphatic carbocycles. The molecular weight excluding hydrogens is 342 g/mol. The normalized spacial score (nSPS) is 15.0. The van der Waals surface area contributed by atoms with Crippen LogP contribution in [0.5, 0.6) is 0 Å². The van der Waals surface area contributed by atoms with E-state index in [1.165, 1.54) is 43.4 Å². The minimum Gasteiger partial charge on any atom is -0.395 e. The molecule has 0 heterocycles. The van der Waals surface area contributed by atoms with Gasteiger partial charge in [0.2, 0.25) is 0 Å². The van der Waals surface area contributed by atoms with Crippen molar-refractivity contribution in [2.45, 2.75) is 49.6 Å². The maximum atomic E-state index is 8.94. The molecule has 0 amide bonds. The molecule has 4 N–H and O–H groups in total. The van der Waals surface area contributed by atoms with Crippen LogP contribution in [0.25, 0.3) is 0 Å². The second kappa shape index (κ2) is 10.5. The fourth-order valence-corrected chi connectivity index (χ4v) is 3.97. The van der Waals surface area contributed by atoms with Gasteiger partial charge in [0.1, 0.15) is 0 Å². The predicted molar refractivity (Wildman–Crippen MR) is 112 cm³/mol. The molecule has 0 unspecified atom stereocenters. The van der Waals surface area contributed by atoms with Gasteiger partial charge in [-0.15, -0.1) is 0 Å². The van der Waals surface area contributed by atoms with Gasteiger partial charge in [0.25, 0.3) is 0 Å². The minimum absolute atomic E-state index is 0.146. The van der Waals surface area contributed by atoms with E-state index in [0.29, 0.717) is 12.6 Å². The molecule has 26 heavy (non-hydrogen) atoms. The third-order valence-electron chi connectivity index (χ3n) is 4.69. The van der Waals surface area contributed by atoms with E-state index < -0.39 is 0 Å². The molecule has 2 aromatic carbocycles. The van der Waals surface area contributed by atoms with Gasteiger partial charge in [0.05, 0.1) is 18.0 Å². The molecule has 3 rings (SSSR count). The van der Waals surface area contributed by atoms with Crippen molar-refractivity contribution in [3.05, 3.63) is 54.1 Å². The number of nitrogens with one attached hydrogen (secondary N) is 3. The second-order valence-electron chi connectivity index (χ2n) is 6.75. The lowest BCUT2D eigenvalue weighted by Gasteiger charge is -2.25. The Morgan fingerprint density at radius 1 is 0.962 bits per heavy atom. The van der Waals surface area contributed by atoms with Crippen molar-refractivity contribution in [1.82, 2.24) is 4.72 Å². The summed E-state index contributed by atoms with van der Waals surface area (Å²) in [5.74, 6) is 0. The number of anilines is 2. The second-order valence-corrected chi connectivity index (χ2v) is 7.71. The van der Waals surface area contributed by atoms with Crippen molar-refractivity contribution in [3.8, 4) is 0 Å². The van der Waals surface area contributed by atoms with Crippen LogP contribution in [0.15, 0.2) is 53.4 Å². The van der Waals surface area contributed by atoms with Gasteiger partial charge in [-0.2, -0.15) is 0 Å². The molecule has 0 bridgehead atoms. The van der Waals surface area contributed by atoms with Crippen molar-refractivity contribution in [1.29, 1.82) is 0 Å². The number of hydrogen-bond donors (Lipinski definition) is 4. The summed E-state index contributed by atoms with van der Waals surface area (Å²) in [6, 6.07) is 17.5. The number of aliphatic hydroxyl groups excluding tert-OH is 1. The summed E-state index contributed by atoms with van der Waals surface area (Å²) in [5.41, 5.74) is 3.59. The molecule has 0 radical (unpaired) electrons. The molecule has 2 aromatic rings. The van der Waals surface area contributed by atoms with Crippen LogP contribution >= 0.6 is 11.9 Å². The summed E-state index contributed by atoms with van der Waals surface area (Å²) in [4.78, 5) is 1.14. The highest BCUT2D eigenvalue weighted by molar-refractivity contribution is 7.97. The lowest BCUT2D eigenvalue weighted by atomic mass is 9.95. The van der Waals surface area contributed by atoms with Crippen LogP contribution in [-0.4, -0.2) is 24.3 Å². The Hall–Kier alpha value is -1.69. The molecule has 0 saturated heterocycles. The van der Waals surface area contributed by atoms with Gasteiger partial charge < -0.3 is 15.7 Å². The molecule has 4 nitrogen and oxygen atoms in total. The van der Waals surface area contributed by atoms with E-state index in [1.54, 1.807) is 11.9 Å². The molecule has 0 aromatic heterocycles. The molecule has 0 spiro atoms. The van der Waals surface area contributed by atoms with Crippen LogP contribution in [0, 0.1) is 0 Å². The average molecular weight is 372 g/mol. The molecule has 140 valence electrons. The molecule has 1 fully saturated rings. The van der Waals surface area contributed by atoms with Crippen molar-refractivity contribution in [3.63, 3.8) is 0 Å². The number of rotatable bonds is 9. The smallest absolute Gasteiger partial charge is 0.0590 e. The van der Waals surface area contributed by atoms with Gasteiger partial charge in [-0.1, -0.05) is 49.6 Å². The summed E-state index contributed by atoms with van der Waals surface area (Å²) in [5, 5.41) is 16.3. The first kappa shape index (κ1) is 19.1. The fourth-order valence-electron chi connectivity index (χ4n) is 3.30. The van der Waals surface area contributed by atoms with Crippen molar-refractivity contribution < 1.29 is 5.11 Å². The van der Waals surface area contributed by atoms with Crippen LogP contribution in [0.2, 0.25) is 0 Å². The van der Waals surface area contributed by atoms with Gasteiger partial charge in [0, 0.05) is 24.0 Å². The summed E-state index contributed by atoms with van der Waals surface area (Å²) in [6.07, 6.45) is 6.52. The minimum atomic E-state index is 0.146. The van der Waals surface area contributed by atoms with E-state index in [4.69, 9.17) is 5.11 Å². The maximum absolute atomic E-state index is 8.94. The Balaban J connectivity index is 1.70. The summed E-state index contributed by atoms with van der Waals surface area (Å²) in [7, 11) is 0. The van der Waals surface area contributed by atoms with Crippen molar-refractivity contribution >= 4 is 23.3 Å². The fraction of sp³-hybridized carbons (Fsp3) is 0.429. The van der Waals surface area contributed by atoms with Crippen LogP contribution in [0.1, 0.15) is 37.7 Å². The van der Waals surface area contributed by atoms with E-state index in [1.807, 2.05) is 6.07 Å². The maximum Gasteiger partial charge on any atom is 0.0590 e. The molecule has 1 saturated carbocycles. The van der Waals surface area contributed by atoms with Gasteiger partial charge in [-0.25, -0.2) is 0 Å². The molecule has 5 heteroatoms. The van der Waals surface area contributed by atoms with E-state index in [2.05, 4.69) is 57.8 Å². The monoisotopic (exact) mass is 371 g/mol. The van der Waals surface area contributed by atoms with E-state index in [-0.39, 0.29) is 6.61 Å². The predicted octanol–water partition coefficient (Wildman–Crippen LogP) is 4.63. The SMILES string of the molecule is OCCNSc1ccc(NC2CCCCC2)c(NCc2ccccc2)c1. The third-order valence-corrected chi connectivity index (χ3v) is 5.52. The van der Waals surface area contributed by atoms with Crippen molar-refractivity contribution in [2.24, 2.45) is 0 Å². The Kier molecular flexibility index (Phi) is 7.67. The Morgan fingerprint density at radius 2 is 1.77 bits per heavy atom. The van der Waals surface area contributed by atoms with Gasteiger partial charge in [0.15, 0.2) is 0 Å². The summed E-state index contributed by atoms with van der Waals surface area (Å²) >= 11 is 1.56. The van der Waals surface area contributed by atoms with Crippen LogP contribution in [0.3, 0.4) is 0 Å². The Bertz CT molecular complexity index is 660. The van der Waals surface area contributed by atoms with Crippen molar-refractivity contribution in [2.75, 3.05) is 23.8 Å². The molecule has 1 aliphatic rings. The zero-order valence-corrected chi connectivity index (χ0v) is 16.0. The Labute approximate surface area is 160 Å². The summed E-state index contributed by atoms with van der Waals surface area (Å²) < 4.78 is 3.17. The van der Waals surface area contributed by atoms with Crippen LogP contribution < -0.4 is 15.4 Å². The first-order valence-corrected chi connectivity index (χ1v) is 10.4.